The van der Waals surface area contributed by atoms with Gasteiger partial charge in [0.15, 0.2) is 6.10 Å². The lowest BCUT2D eigenvalue weighted by Gasteiger charge is -2.17. The molecular weight excluding hydrogens is 238 g/mol. The molecule has 0 aliphatic heterocycles. The molecule has 0 bridgehead atoms. The van der Waals surface area contributed by atoms with E-state index in [1.165, 1.54) is 11.1 Å². The van der Waals surface area contributed by atoms with Crippen LogP contribution in [-0.2, 0) is 4.79 Å². The van der Waals surface area contributed by atoms with E-state index >= 15 is 0 Å². The molecule has 0 spiro atoms. The van der Waals surface area contributed by atoms with Crippen molar-refractivity contribution in [1.82, 2.24) is 10.3 Å². The molecule has 1 unspecified atom stereocenters. The molecule has 2 amide bonds. The van der Waals surface area contributed by atoms with Crippen LogP contribution in [0.5, 0.6) is 0 Å². The zero-order valence-corrected chi connectivity index (χ0v) is 9.91. The molecule has 0 aliphatic rings. The summed E-state index contributed by atoms with van der Waals surface area (Å²) < 4.78 is 0. The van der Waals surface area contributed by atoms with Crippen molar-refractivity contribution in [2.45, 2.75) is 12.5 Å². The number of anilines is 1. The second-order valence-electron chi connectivity index (χ2n) is 3.64. The van der Waals surface area contributed by atoms with Crippen molar-refractivity contribution in [3.05, 3.63) is 24.5 Å². The van der Waals surface area contributed by atoms with Crippen LogP contribution in [0.25, 0.3) is 0 Å². The first-order valence-electron chi connectivity index (χ1n) is 5.35. The summed E-state index contributed by atoms with van der Waals surface area (Å²) in [4.78, 5) is 27.2. The van der Waals surface area contributed by atoms with Crippen molar-refractivity contribution in [2.75, 3.05) is 18.5 Å². The average molecular weight is 253 g/mol. The average Bonchev–Trinajstić information content (AvgIpc) is 2.38. The molecule has 18 heavy (non-hydrogen) atoms. The molecule has 1 rings (SSSR count). The fourth-order valence-corrected chi connectivity index (χ4v) is 1.23. The van der Waals surface area contributed by atoms with Gasteiger partial charge >= 0.3 is 12.0 Å². The van der Waals surface area contributed by atoms with Crippen LogP contribution in [0.4, 0.5) is 10.5 Å². The van der Waals surface area contributed by atoms with Crippen molar-refractivity contribution >= 4 is 17.7 Å². The number of amides is 2. The number of aromatic nitrogens is 1. The number of hydrogen-bond acceptors (Lipinski definition) is 4. The molecule has 0 fully saturated rings. The van der Waals surface area contributed by atoms with E-state index in [1.807, 2.05) is 0 Å². The largest absolute Gasteiger partial charge is 0.479 e. The highest BCUT2D eigenvalue weighted by Gasteiger charge is 2.14. The predicted molar refractivity (Wildman–Crippen MR) is 64.3 cm³/mol. The lowest BCUT2D eigenvalue weighted by atomic mass is 10.2. The Kier molecular flexibility index (Phi) is 5.06. The summed E-state index contributed by atoms with van der Waals surface area (Å²) in [7, 11) is 1.57. The van der Waals surface area contributed by atoms with Crippen LogP contribution < -0.4 is 10.2 Å². The number of nitrogens with one attached hydrogen (secondary N) is 1. The Morgan fingerprint density at radius 3 is 2.83 bits per heavy atom. The van der Waals surface area contributed by atoms with Gasteiger partial charge in [-0.2, -0.15) is 0 Å². The van der Waals surface area contributed by atoms with Crippen molar-refractivity contribution in [3.8, 4) is 0 Å². The van der Waals surface area contributed by atoms with E-state index in [4.69, 9.17) is 10.2 Å². The SMILES string of the molecule is CN(C(=O)NCCC(O)C(=O)O)c1cccnc1. The monoisotopic (exact) mass is 253 g/mol. The molecule has 3 N–H and O–H groups in total. The highest BCUT2D eigenvalue weighted by Crippen LogP contribution is 2.08. The van der Waals surface area contributed by atoms with Crippen LogP contribution in [0.15, 0.2) is 24.5 Å². The van der Waals surface area contributed by atoms with Gasteiger partial charge < -0.3 is 15.5 Å². The molecule has 98 valence electrons. The predicted octanol–water partition coefficient (Wildman–Crippen LogP) is 0.0630. The number of carboxylic acid groups (broad SMARTS) is 1. The fraction of sp³-hybridized carbons (Fsp3) is 0.364. The number of urea groups is 1. The van der Waals surface area contributed by atoms with Crippen molar-refractivity contribution in [1.29, 1.82) is 0 Å². The maximum Gasteiger partial charge on any atom is 0.332 e. The minimum Gasteiger partial charge on any atom is -0.479 e. The van der Waals surface area contributed by atoms with E-state index in [9.17, 15) is 9.59 Å². The maximum absolute atomic E-state index is 11.7. The number of aliphatic hydroxyl groups excluding tert-OH is 1. The number of carbonyl (C=O) groups is 2. The van der Waals surface area contributed by atoms with Gasteiger partial charge in [-0.25, -0.2) is 9.59 Å². The third-order valence-corrected chi connectivity index (χ3v) is 2.32. The van der Waals surface area contributed by atoms with Gasteiger partial charge in [-0.15, -0.1) is 0 Å². The summed E-state index contributed by atoms with van der Waals surface area (Å²) in [6, 6.07) is 3.03. The number of aliphatic carboxylic acids is 1. The fourth-order valence-electron chi connectivity index (χ4n) is 1.23. The lowest BCUT2D eigenvalue weighted by Crippen LogP contribution is -2.39. The first-order chi connectivity index (χ1) is 8.52. The summed E-state index contributed by atoms with van der Waals surface area (Å²) in [5.74, 6) is -1.30. The van der Waals surface area contributed by atoms with Gasteiger partial charge in [-0.3, -0.25) is 9.88 Å². The normalized spacial score (nSPS) is 11.7. The van der Waals surface area contributed by atoms with Gasteiger partial charge in [-0.1, -0.05) is 0 Å². The number of carboxylic acids is 1. The number of carbonyl (C=O) groups excluding carboxylic acids is 1. The second kappa shape index (κ2) is 6.55. The van der Waals surface area contributed by atoms with E-state index in [-0.39, 0.29) is 19.0 Å². The van der Waals surface area contributed by atoms with Crippen LogP contribution >= 0.6 is 0 Å². The van der Waals surface area contributed by atoms with E-state index in [1.54, 1.807) is 25.4 Å². The lowest BCUT2D eigenvalue weighted by molar-refractivity contribution is -0.146. The molecule has 7 heteroatoms. The van der Waals surface area contributed by atoms with Gasteiger partial charge in [-0.05, 0) is 12.1 Å². The maximum atomic E-state index is 11.7. The Labute approximate surface area is 104 Å². The zero-order chi connectivity index (χ0) is 13.5. The number of hydrogen-bond donors (Lipinski definition) is 3. The van der Waals surface area contributed by atoms with Crippen LogP contribution in [0.2, 0.25) is 0 Å². The van der Waals surface area contributed by atoms with Crippen molar-refractivity contribution < 1.29 is 19.8 Å². The van der Waals surface area contributed by atoms with Crippen molar-refractivity contribution in [3.63, 3.8) is 0 Å². The summed E-state index contributed by atoms with van der Waals surface area (Å²) in [5, 5.41) is 20.0. The molecule has 1 atom stereocenters. The zero-order valence-electron chi connectivity index (χ0n) is 9.91. The van der Waals surface area contributed by atoms with Gasteiger partial charge in [0.05, 0.1) is 11.9 Å². The Morgan fingerprint density at radius 2 is 2.28 bits per heavy atom. The Morgan fingerprint density at radius 1 is 1.56 bits per heavy atom. The highest BCUT2D eigenvalue weighted by molar-refractivity contribution is 5.91. The number of nitrogens with zero attached hydrogens (tertiary/aromatic N) is 2. The second-order valence-corrected chi connectivity index (χ2v) is 3.64. The minimum atomic E-state index is -1.46. The third kappa shape index (κ3) is 4.02. The number of pyridine rings is 1. The minimum absolute atomic E-state index is 0.0397. The van der Waals surface area contributed by atoms with Gasteiger partial charge in [0.25, 0.3) is 0 Å². The molecule has 0 saturated heterocycles. The topological polar surface area (TPSA) is 103 Å². The van der Waals surface area contributed by atoms with Crippen LogP contribution in [0, 0.1) is 0 Å². The molecular formula is C11H15N3O4. The van der Waals surface area contributed by atoms with E-state index in [0.717, 1.165) is 0 Å². The van der Waals surface area contributed by atoms with Crippen LogP contribution in [-0.4, -0.2) is 46.9 Å². The van der Waals surface area contributed by atoms with Crippen LogP contribution in [0.1, 0.15) is 6.42 Å². The van der Waals surface area contributed by atoms with Crippen molar-refractivity contribution in [2.24, 2.45) is 0 Å². The number of aliphatic hydroxyl groups is 1. The molecule has 7 nitrogen and oxygen atoms in total. The molecule has 0 radical (unpaired) electrons. The molecule has 1 aromatic heterocycles. The molecule has 0 saturated carbocycles. The smallest absolute Gasteiger partial charge is 0.332 e. The van der Waals surface area contributed by atoms with Gasteiger partial charge in [0.2, 0.25) is 0 Å². The molecule has 0 aromatic carbocycles. The quantitative estimate of drug-likeness (QED) is 0.688. The summed E-state index contributed by atoms with van der Waals surface area (Å²) in [5.41, 5.74) is 0.619. The first kappa shape index (κ1) is 13.9. The molecule has 0 aliphatic carbocycles. The molecule has 1 aromatic rings. The summed E-state index contributed by atoms with van der Waals surface area (Å²) >= 11 is 0. The first-order valence-corrected chi connectivity index (χ1v) is 5.35. The van der Waals surface area contributed by atoms with Gasteiger partial charge in [0, 0.05) is 26.2 Å². The third-order valence-electron chi connectivity index (χ3n) is 2.32. The Balaban J connectivity index is 2.40. The highest BCUT2D eigenvalue weighted by atomic mass is 16.4. The Bertz CT molecular complexity index is 410. The van der Waals surface area contributed by atoms with Gasteiger partial charge in [0.1, 0.15) is 0 Å². The van der Waals surface area contributed by atoms with E-state index in [0.29, 0.717) is 5.69 Å². The van der Waals surface area contributed by atoms with Crippen LogP contribution in [0.3, 0.4) is 0 Å². The standard InChI is InChI=1S/C11H15N3O4/c1-14(8-3-2-5-12-7-8)11(18)13-6-4-9(15)10(16)17/h2-3,5,7,9,15H,4,6H2,1H3,(H,13,18)(H,16,17). The summed E-state index contributed by atoms with van der Waals surface area (Å²) in [6.07, 6.45) is 1.63. The van der Waals surface area contributed by atoms with E-state index in [2.05, 4.69) is 10.3 Å². The summed E-state index contributed by atoms with van der Waals surface area (Å²) in [6.45, 7) is 0.0803. The number of rotatable bonds is 5. The molecule has 1 heterocycles. The Hall–Kier alpha value is -2.15. The van der Waals surface area contributed by atoms with E-state index < -0.39 is 12.1 Å².